The molecule has 1 heterocycles. The van der Waals surface area contributed by atoms with Crippen LogP contribution in [0.2, 0.25) is 0 Å². The molecule has 0 aromatic heterocycles. The Morgan fingerprint density at radius 2 is 1.32 bits per heavy atom. The molecule has 0 N–H and O–H groups in total. The Bertz CT molecular complexity index is 491. The molecule has 3 rings (SSSR count). The van der Waals surface area contributed by atoms with Gasteiger partial charge in [0.2, 0.25) is 0 Å². The molecule has 0 aromatic carbocycles. The maximum absolute atomic E-state index is 13.7. The fourth-order valence-electron chi connectivity index (χ4n) is 6.05. The Balaban J connectivity index is 1.39. The highest BCUT2D eigenvalue weighted by molar-refractivity contribution is 5.04. The molecule has 3 aliphatic rings. The number of allylic oxidation sites excluding steroid dienone is 1. The molecular formula is C23H36F4O. The second kappa shape index (κ2) is 9.95. The molecule has 3 fully saturated rings. The average molecular weight is 405 g/mol. The summed E-state index contributed by atoms with van der Waals surface area (Å²) in [5.41, 5.74) is 0. The molecule has 0 aromatic rings. The predicted molar refractivity (Wildman–Crippen MR) is 104 cm³/mol. The number of ether oxygens (including phenoxy) is 1. The van der Waals surface area contributed by atoms with Crippen LogP contribution in [0.15, 0.2) is 11.9 Å². The first-order valence-electron chi connectivity index (χ1n) is 11.4. The van der Waals surface area contributed by atoms with Gasteiger partial charge in [-0.2, -0.15) is 13.2 Å². The Morgan fingerprint density at radius 1 is 0.821 bits per heavy atom. The SMILES string of the molecule is CCCC1CCC(C2CCC(C3CCC(/C(F)=C/C(F)(F)F)OC3)CC2)CC1. The molecule has 5 heteroatoms. The highest BCUT2D eigenvalue weighted by Gasteiger charge is 2.36. The van der Waals surface area contributed by atoms with Crippen LogP contribution in [-0.4, -0.2) is 18.9 Å². The molecule has 1 aliphatic heterocycles. The van der Waals surface area contributed by atoms with Crippen molar-refractivity contribution < 1.29 is 22.3 Å². The third-order valence-corrected chi connectivity index (χ3v) is 7.66. The molecule has 2 aliphatic carbocycles. The van der Waals surface area contributed by atoms with Gasteiger partial charge in [0.1, 0.15) is 11.9 Å². The van der Waals surface area contributed by atoms with Gasteiger partial charge in [-0.05, 0) is 81.0 Å². The second-order valence-corrected chi connectivity index (χ2v) is 9.47. The quantitative estimate of drug-likeness (QED) is 0.428. The molecule has 2 saturated carbocycles. The van der Waals surface area contributed by atoms with Gasteiger partial charge in [0.25, 0.3) is 0 Å². The summed E-state index contributed by atoms with van der Waals surface area (Å²) in [4.78, 5) is 0. The van der Waals surface area contributed by atoms with Crippen molar-refractivity contribution in [2.75, 3.05) is 6.61 Å². The monoisotopic (exact) mass is 404 g/mol. The summed E-state index contributed by atoms with van der Waals surface area (Å²) in [6.45, 7) is 2.69. The van der Waals surface area contributed by atoms with E-state index in [1.807, 2.05) is 0 Å². The van der Waals surface area contributed by atoms with E-state index in [0.29, 0.717) is 24.9 Å². The fourth-order valence-corrected chi connectivity index (χ4v) is 6.05. The van der Waals surface area contributed by atoms with Crippen molar-refractivity contribution in [1.82, 2.24) is 0 Å². The van der Waals surface area contributed by atoms with Crippen LogP contribution < -0.4 is 0 Å². The first kappa shape index (κ1) is 22.1. The smallest absolute Gasteiger partial charge is 0.371 e. The molecule has 0 bridgehead atoms. The molecule has 1 nitrogen and oxygen atoms in total. The Kier molecular flexibility index (Phi) is 7.86. The molecule has 0 radical (unpaired) electrons. The normalized spacial score (nSPS) is 38.4. The maximum atomic E-state index is 13.7. The molecular weight excluding hydrogens is 368 g/mol. The summed E-state index contributed by atoms with van der Waals surface area (Å²) in [7, 11) is 0. The van der Waals surface area contributed by atoms with Gasteiger partial charge in [-0.25, -0.2) is 4.39 Å². The Hall–Kier alpha value is -0.580. The zero-order chi connectivity index (χ0) is 20.1. The van der Waals surface area contributed by atoms with Gasteiger partial charge in [0.05, 0.1) is 12.7 Å². The zero-order valence-corrected chi connectivity index (χ0v) is 17.2. The van der Waals surface area contributed by atoms with E-state index in [-0.39, 0.29) is 6.08 Å². The van der Waals surface area contributed by atoms with Crippen LogP contribution in [0.3, 0.4) is 0 Å². The standard InChI is InChI=1S/C23H36F4O/c1-2-3-16-4-6-17(7-5-16)18-8-10-19(11-9-18)20-12-13-22(28-15-20)21(24)14-23(25,26)27/h14,16-20,22H,2-13,15H2,1H3/b21-14-. The molecule has 2 atom stereocenters. The van der Waals surface area contributed by atoms with Crippen LogP contribution in [0, 0.1) is 29.6 Å². The van der Waals surface area contributed by atoms with Crippen molar-refractivity contribution in [2.45, 2.75) is 96.3 Å². The van der Waals surface area contributed by atoms with Crippen molar-refractivity contribution in [2.24, 2.45) is 29.6 Å². The third kappa shape index (κ3) is 6.21. The molecule has 2 unspecified atom stereocenters. The van der Waals surface area contributed by atoms with E-state index in [2.05, 4.69) is 6.92 Å². The molecule has 1 saturated heterocycles. The minimum atomic E-state index is -4.61. The van der Waals surface area contributed by atoms with Crippen LogP contribution in [0.4, 0.5) is 17.6 Å². The minimum absolute atomic E-state index is 0.252. The van der Waals surface area contributed by atoms with Gasteiger partial charge in [-0.3, -0.25) is 0 Å². The first-order valence-corrected chi connectivity index (χ1v) is 11.4. The van der Waals surface area contributed by atoms with E-state index in [4.69, 9.17) is 4.74 Å². The van der Waals surface area contributed by atoms with Gasteiger partial charge < -0.3 is 4.74 Å². The summed E-state index contributed by atoms with van der Waals surface area (Å²) in [6, 6.07) is 0. The summed E-state index contributed by atoms with van der Waals surface area (Å²) in [5, 5.41) is 0. The Morgan fingerprint density at radius 3 is 1.79 bits per heavy atom. The highest BCUT2D eigenvalue weighted by atomic mass is 19.4. The predicted octanol–water partition coefficient (Wildman–Crippen LogP) is 7.61. The number of rotatable bonds is 5. The number of halogens is 4. The molecule has 162 valence electrons. The van der Waals surface area contributed by atoms with Crippen LogP contribution in [0.5, 0.6) is 0 Å². The molecule has 0 amide bonds. The second-order valence-electron chi connectivity index (χ2n) is 9.47. The highest BCUT2D eigenvalue weighted by Crippen LogP contribution is 2.45. The largest absolute Gasteiger partial charge is 0.412 e. The summed E-state index contributed by atoms with van der Waals surface area (Å²) in [5.74, 6) is 2.54. The van der Waals surface area contributed by atoms with E-state index in [9.17, 15) is 17.6 Å². The summed E-state index contributed by atoms with van der Waals surface area (Å²) >= 11 is 0. The van der Waals surface area contributed by atoms with Crippen molar-refractivity contribution in [3.05, 3.63) is 11.9 Å². The number of hydrogen-bond acceptors (Lipinski definition) is 1. The van der Waals surface area contributed by atoms with Crippen molar-refractivity contribution >= 4 is 0 Å². The average Bonchev–Trinajstić information content (AvgIpc) is 2.68. The van der Waals surface area contributed by atoms with Crippen molar-refractivity contribution in [3.63, 3.8) is 0 Å². The topological polar surface area (TPSA) is 9.23 Å². The van der Waals surface area contributed by atoms with Crippen molar-refractivity contribution in [3.8, 4) is 0 Å². The lowest BCUT2D eigenvalue weighted by atomic mass is 9.66. The van der Waals surface area contributed by atoms with E-state index in [1.165, 1.54) is 64.2 Å². The zero-order valence-electron chi connectivity index (χ0n) is 17.2. The van der Waals surface area contributed by atoms with E-state index < -0.39 is 18.1 Å². The fraction of sp³-hybridized carbons (Fsp3) is 0.913. The molecule has 0 spiro atoms. The lowest BCUT2D eigenvalue weighted by Gasteiger charge is -2.41. The van der Waals surface area contributed by atoms with Crippen LogP contribution in [0.1, 0.15) is 84.0 Å². The van der Waals surface area contributed by atoms with E-state index >= 15 is 0 Å². The van der Waals surface area contributed by atoms with Gasteiger partial charge in [0.15, 0.2) is 0 Å². The van der Waals surface area contributed by atoms with Crippen LogP contribution >= 0.6 is 0 Å². The van der Waals surface area contributed by atoms with Gasteiger partial charge in [-0.1, -0.05) is 32.6 Å². The van der Waals surface area contributed by atoms with Gasteiger partial charge in [-0.15, -0.1) is 0 Å². The lowest BCUT2D eigenvalue weighted by molar-refractivity contribution is -0.0856. The Labute approximate surface area is 167 Å². The van der Waals surface area contributed by atoms with E-state index in [1.54, 1.807) is 0 Å². The van der Waals surface area contributed by atoms with Crippen LogP contribution in [-0.2, 0) is 4.74 Å². The third-order valence-electron chi connectivity index (χ3n) is 7.66. The summed E-state index contributed by atoms with van der Waals surface area (Å²) in [6.07, 6.45) is 8.58. The number of hydrogen-bond donors (Lipinski definition) is 0. The lowest BCUT2D eigenvalue weighted by Crippen LogP contribution is -2.34. The van der Waals surface area contributed by atoms with Crippen LogP contribution in [0.25, 0.3) is 0 Å². The van der Waals surface area contributed by atoms with Crippen molar-refractivity contribution in [1.29, 1.82) is 0 Å². The molecule has 28 heavy (non-hydrogen) atoms. The maximum Gasteiger partial charge on any atom is 0.412 e. The summed E-state index contributed by atoms with van der Waals surface area (Å²) < 4.78 is 56.1. The first-order chi connectivity index (χ1) is 13.4. The number of alkyl halides is 3. The van der Waals surface area contributed by atoms with Gasteiger partial charge in [0, 0.05) is 0 Å². The van der Waals surface area contributed by atoms with E-state index in [0.717, 1.165) is 24.2 Å². The van der Waals surface area contributed by atoms with Gasteiger partial charge >= 0.3 is 6.18 Å². The minimum Gasteiger partial charge on any atom is -0.371 e.